The summed E-state index contributed by atoms with van der Waals surface area (Å²) in [5, 5.41) is 0. The van der Waals surface area contributed by atoms with Crippen LogP contribution in [0.3, 0.4) is 0 Å². The second-order valence-electron chi connectivity index (χ2n) is 8.62. The predicted octanol–water partition coefficient (Wildman–Crippen LogP) is 5.03. The summed E-state index contributed by atoms with van der Waals surface area (Å²) < 4.78 is 12.7. The minimum absolute atomic E-state index is 0.119. The summed E-state index contributed by atoms with van der Waals surface area (Å²) in [6, 6.07) is 2.39. The quantitative estimate of drug-likeness (QED) is 0.661. The van der Waals surface area contributed by atoms with Gasteiger partial charge in [0.2, 0.25) is 0 Å². The second-order valence-corrected chi connectivity index (χ2v) is 17.4. The number of hydrogen-bond donors (Lipinski definition) is 0. The molecule has 0 amide bonds. The van der Waals surface area contributed by atoms with Crippen molar-refractivity contribution >= 4 is 16.6 Å². The molecule has 0 radical (unpaired) electrons. The van der Waals surface area contributed by atoms with Gasteiger partial charge < -0.3 is 8.85 Å². The topological polar surface area (TPSA) is 18.5 Å². The van der Waals surface area contributed by atoms with Crippen LogP contribution in [0.4, 0.5) is 0 Å². The molecule has 0 rings (SSSR count). The van der Waals surface area contributed by atoms with E-state index >= 15 is 0 Å². The van der Waals surface area contributed by atoms with Gasteiger partial charge in [-0.2, -0.15) is 0 Å². The molecule has 0 aromatic carbocycles. The van der Waals surface area contributed by atoms with Gasteiger partial charge in [0, 0.05) is 8.07 Å². The Morgan fingerprint density at radius 3 is 1.22 bits per heavy atom. The van der Waals surface area contributed by atoms with E-state index in [2.05, 4.69) is 67.7 Å². The Morgan fingerprint density at radius 1 is 0.667 bits per heavy atom. The summed E-state index contributed by atoms with van der Waals surface area (Å²) in [5.74, 6) is 0. The van der Waals surface area contributed by atoms with Gasteiger partial charge in [-0.25, -0.2) is 0 Å². The van der Waals surface area contributed by atoms with Gasteiger partial charge in [0.1, 0.15) is 0 Å². The summed E-state index contributed by atoms with van der Waals surface area (Å²) >= 11 is 0. The first-order valence-electron chi connectivity index (χ1n) is 7.02. The van der Waals surface area contributed by atoms with E-state index in [1.54, 1.807) is 0 Å². The Balaban J connectivity index is 4.81. The first kappa shape index (κ1) is 18.4. The van der Waals surface area contributed by atoms with Crippen LogP contribution in [0.1, 0.15) is 41.5 Å². The van der Waals surface area contributed by atoms with E-state index in [0.717, 1.165) is 6.04 Å². The zero-order valence-electron chi connectivity index (χ0n) is 14.2. The zero-order valence-corrected chi connectivity index (χ0v) is 16.2. The van der Waals surface area contributed by atoms with E-state index in [1.807, 2.05) is 0 Å². The molecule has 110 valence electrons. The maximum Gasteiger partial charge on any atom is 0.335 e. The molecule has 4 heteroatoms. The Hall–Kier alpha value is 0.354. The first-order valence-corrected chi connectivity index (χ1v) is 13.3. The monoisotopic (exact) mass is 290 g/mol. The summed E-state index contributed by atoms with van der Waals surface area (Å²) in [4.78, 5) is 0. The van der Waals surface area contributed by atoms with Gasteiger partial charge in [-0.05, 0) is 54.1 Å². The van der Waals surface area contributed by atoms with Crippen LogP contribution in [0.2, 0.25) is 38.3 Å². The highest BCUT2D eigenvalue weighted by molar-refractivity contribution is 6.78. The van der Waals surface area contributed by atoms with Gasteiger partial charge in [-0.1, -0.05) is 25.7 Å². The predicted molar refractivity (Wildman–Crippen MR) is 86.3 cm³/mol. The minimum atomic E-state index is -2.10. The van der Waals surface area contributed by atoms with Crippen molar-refractivity contribution in [3.8, 4) is 0 Å². The average Bonchev–Trinajstić information content (AvgIpc) is 1.91. The fraction of sp³-hybridized carbons (Fsp3) is 1.00. The van der Waals surface area contributed by atoms with Crippen molar-refractivity contribution in [3.63, 3.8) is 0 Å². The molecule has 0 atom stereocenters. The molecule has 0 N–H and O–H groups in total. The third-order valence-electron chi connectivity index (χ3n) is 2.37. The van der Waals surface area contributed by atoms with E-state index in [4.69, 9.17) is 8.85 Å². The van der Waals surface area contributed by atoms with Crippen LogP contribution in [-0.2, 0) is 8.85 Å². The standard InChI is InChI=1S/C14H34O2Si2/c1-13(2,3)15-18(10,16-14(4,5)6)12-11-17(7,8)9/h11-12H2,1-10H3. The van der Waals surface area contributed by atoms with Crippen LogP contribution in [0, 0.1) is 0 Å². The largest absolute Gasteiger partial charge is 0.389 e. The summed E-state index contributed by atoms with van der Waals surface area (Å²) in [5.41, 5.74) is -0.239. The molecule has 0 fully saturated rings. The molecule has 0 aromatic heterocycles. The maximum absolute atomic E-state index is 6.34. The van der Waals surface area contributed by atoms with Crippen LogP contribution < -0.4 is 0 Å². The Labute approximate surface area is 117 Å². The van der Waals surface area contributed by atoms with Gasteiger partial charge in [0.05, 0.1) is 11.2 Å². The fourth-order valence-corrected chi connectivity index (χ4v) is 9.67. The SMILES string of the molecule is CC(C)(C)O[Si](C)(CC[Si](C)(C)C)OC(C)(C)C. The summed E-state index contributed by atoms with van der Waals surface area (Å²) in [6.45, 7) is 22.2. The highest BCUT2D eigenvalue weighted by atomic mass is 28.4. The van der Waals surface area contributed by atoms with Crippen molar-refractivity contribution < 1.29 is 8.85 Å². The third-order valence-corrected chi connectivity index (χ3v) is 7.87. The van der Waals surface area contributed by atoms with Gasteiger partial charge >= 0.3 is 8.56 Å². The van der Waals surface area contributed by atoms with Gasteiger partial charge in [-0.3, -0.25) is 0 Å². The average molecular weight is 291 g/mol. The van der Waals surface area contributed by atoms with Crippen LogP contribution in [0.25, 0.3) is 0 Å². The molecule has 0 saturated carbocycles. The van der Waals surface area contributed by atoms with Crippen molar-refractivity contribution in [2.45, 2.75) is 91.0 Å². The molecule has 0 spiro atoms. The third kappa shape index (κ3) is 10.3. The lowest BCUT2D eigenvalue weighted by molar-refractivity contribution is 0.0182. The molecule has 0 saturated heterocycles. The molecule has 0 aliphatic rings. The smallest absolute Gasteiger partial charge is 0.335 e. The zero-order chi connectivity index (χ0) is 14.8. The van der Waals surface area contributed by atoms with Crippen LogP contribution in [-0.4, -0.2) is 27.8 Å². The molecule has 0 unspecified atom stereocenters. The number of hydrogen-bond acceptors (Lipinski definition) is 2. The Kier molecular flexibility index (Phi) is 5.89. The lowest BCUT2D eigenvalue weighted by Gasteiger charge is -2.40. The van der Waals surface area contributed by atoms with Crippen LogP contribution in [0.5, 0.6) is 0 Å². The van der Waals surface area contributed by atoms with Crippen molar-refractivity contribution in [1.29, 1.82) is 0 Å². The molecular weight excluding hydrogens is 256 g/mol. The second kappa shape index (κ2) is 5.77. The van der Waals surface area contributed by atoms with Gasteiger partial charge in [-0.15, -0.1) is 0 Å². The molecule has 0 aliphatic heterocycles. The van der Waals surface area contributed by atoms with Crippen LogP contribution in [0.15, 0.2) is 0 Å². The highest BCUT2D eigenvalue weighted by Crippen LogP contribution is 2.30. The molecule has 0 aromatic rings. The van der Waals surface area contributed by atoms with Crippen molar-refractivity contribution in [2.24, 2.45) is 0 Å². The molecule has 0 heterocycles. The Bertz CT molecular complexity index is 240. The maximum atomic E-state index is 6.34. The lowest BCUT2D eigenvalue weighted by atomic mass is 10.2. The highest BCUT2D eigenvalue weighted by Gasteiger charge is 2.40. The molecule has 0 aliphatic carbocycles. The van der Waals surface area contributed by atoms with Crippen molar-refractivity contribution in [2.75, 3.05) is 0 Å². The first-order chi connectivity index (χ1) is 7.62. The lowest BCUT2D eigenvalue weighted by Crippen LogP contribution is -2.50. The van der Waals surface area contributed by atoms with Crippen molar-refractivity contribution in [1.82, 2.24) is 0 Å². The number of rotatable bonds is 5. The minimum Gasteiger partial charge on any atom is -0.389 e. The van der Waals surface area contributed by atoms with E-state index < -0.39 is 16.6 Å². The Morgan fingerprint density at radius 2 is 1.00 bits per heavy atom. The van der Waals surface area contributed by atoms with Crippen molar-refractivity contribution in [3.05, 3.63) is 0 Å². The molecular formula is C14H34O2Si2. The normalized spacial score (nSPS) is 15.0. The van der Waals surface area contributed by atoms with Gasteiger partial charge in [0.15, 0.2) is 0 Å². The van der Waals surface area contributed by atoms with Gasteiger partial charge in [0.25, 0.3) is 0 Å². The van der Waals surface area contributed by atoms with E-state index in [0.29, 0.717) is 0 Å². The van der Waals surface area contributed by atoms with E-state index in [9.17, 15) is 0 Å². The molecule has 2 nitrogen and oxygen atoms in total. The van der Waals surface area contributed by atoms with E-state index in [-0.39, 0.29) is 11.2 Å². The molecule has 0 bridgehead atoms. The summed E-state index contributed by atoms with van der Waals surface area (Å²) in [6.07, 6.45) is 0. The summed E-state index contributed by atoms with van der Waals surface area (Å²) in [7, 11) is -3.14. The van der Waals surface area contributed by atoms with E-state index in [1.165, 1.54) is 6.04 Å². The fourth-order valence-electron chi connectivity index (χ4n) is 2.02. The van der Waals surface area contributed by atoms with Crippen LogP contribution >= 0.6 is 0 Å². The molecule has 18 heavy (non-hydrogen) atoms.